The van der Waals surface area contributed by atoms with E-state index in [1.165, 1.54) is 12.1 Å². The number of amides is 1. The molecule has 0 spiro atoms. The minimum atomic E-state index is -4.84. The second kappa shape index (κ2) is 10.2. The van der Waals surface area contributed by atoms with E-state index < -0.39 is 35.4 Å². The van der Waals surface area contributed by atoms with Crippen molar-refractivity contribution in [1.82, 2.24) is 5.32 Å². The van der Waals surface area contributed by atoms with E-state index in [2.05, 4.69) is 10.1 Å². The standard InChI is InChI=1S/C27H29F3N2O5/c1-16(2)31-26(14-15-33,25(35)36)23-19-6-3-4-8-21(19)32(22-9-5-7-20(22)23)24(34)17-10-12-18(13-11-17)37-27(28,29)30/h3-4,6,8,10-13,15-16,20,22-23,31H,5,7,9,14H2,1-2H3,(H,35,36). The lowest BCUT2D eigenvalue weighted by molar-refractivity contribution is -0.274. The van der Waals surface area contributed by atoms with Gasteiger partial charge in [-0.3, -0.25) is 14.9 Å². The van der Waals surface area contributed by atoms with Crippen LogP contribution in [0.1, 0.15) is 61.4 Å². The number of carbonyl (C=O) groups excluding carboxylic acids is 2. The first-order valence-corrected chi connectivity index (χ1v) is 12.2. The lowest BCUT2D eigenvalue weighted by atomic mass is 9.65. The highest BCUT2D eigenvalue weighted by atomic mass is 19.4. The van der Waals surface area contributed by atoms with Crippen molar-refractivity contribution >= 4 is 23.9 Å². The molecular formula is C27H29F3N2O5. The molecule has 1 amide bonds. The summed E-state index contributed by atoms with van der Waals surface area (Å²) in [6, 6.07) is 11.3. The molecule has 1 heterocycles. The SMILES string of the molecule is CC(C)NC(CC=O)(C(=O)O)C1c2ccccc2N(C(=O)c2ccc(OC(F)(F)F)cc2)C2CCCC21. The van der Waals surface area contributed by atoms with E-state index in [-0.39, 0.29) is 30.0 Å². The van der Waals surface area contributed by atoms with Crippen LogP contribution in [0.3, 0.4) is 0 Å². The van der Waals surface area contributed by atoms with E-state index in [1.54, 1.807) is 29.2 Å². The molecule has 4 unspecified atom stereocenters. The molecular weight excluding hydrogens is 489 g/mol. The number of anilines is 1. The summed E-state index contributed by atoms with van der Waals surface area (Å²) in [7, 11) is 0. The van der Waals surface area contributed by atoms with Gasteiger partial charge in [0.05, 0.1) is 0 Å². The molecule has 7 nitrogen and oxygen atoms in total. The van der Waals surface area contributed by atoms with Gasteiger partial charge in [0, 0.05) is 35.7 Å². The summed E-state index contributed by atoms with van der Waals surface area (Å²) in [6.07, 6.45) is -2.39. The zero-order chi connectivity index (χ0) is 27.0. The quantitative estimate of drug-likeness (QED) is 0.483. The Morgan fingerprint density at radius 1 is 1.14 bits per heavy atom. The number of para-hydroxylation sites is 1. The molecule has 1 aliphatic carbocycles. The second-order valence-electron chi connectivity index (χ2n) is 9.89. The Bertz CT molecular complexity index is 1170. The number of carboxylic acid groups (broad SMARTS) is 1. The van der Waals surface area contributed by atoms with Crippen LogP contribution in [0, 0.1) is 5.92 Å². The van der Waals surface area contributed by atoms with Gasteiger partial charge in [0.15, 0.2) is 0 Å². The number of nitrogens with zero attached hydrogens (tertiary/aromatic N) is 1. The lowest BCUT2D eigenvalue weighted by Crippen LogP contribution is -2.63. The monoisotopic (exact) mass is 518 g/mol. The van der Waals surface area contributed by atoms with Crippen LogP contribution in [-0.2, 0) is 9.59 Å². The molecule has 2 aromatic rings. The first kappa shape index (κ1) is 26.7. The summed E-state index contributed by atoms with van der Waals surface area (Å²) < 4.78 is 41.6. The number of halogens is 3. The van der Waals surface area contributed by atoms with Crippen molar-refractivity contribution in [2.45, 2.75) is 69.4 Å². The van der Waals surface area contributed by atoms with Crippen LogP contribution in [0.2, 0.25) is 0 Å². The highest BCUT2D eigenvalue weighted by Gasteiger charge is 2.57. The number of benzene rings is 2. The lowest BCUT2D eigenvalue weighted by Gasteiger charge is -2.50. The maximum atomic E-state index is 13.8. The number of aliphatic carboxylic acids is 1. The smallest absolute Gasteiger partial charge is 0.480 e. The minimum absolute atomic E-state index is 0.186. The summed E-state index contributed by atoms with van der Waals surface area (Å²) in [6.45, 7) is 3.65. The number of alkyl halides is 3. The van der Waals surface area contributed by atoms with E-state index in [4.69, 9.17) is 0 Å². The largest absolute Gasteiger partial charge is 0.573 e. The van der Waals surface area contributed by atoms with Crippen LogP contribution in [0.25, 0.3) is 0 Å². The summed E-state index contributed by atoms with van der Waals surface area (Å²) >= 11 is 0. The average Bonchev–Trinajstić information content (AvgIpc) is 3.29. The summed E-state index contributed by atoms with van der Waals surface area (Å²) in [4.78, 5) is 40.0. The van der Waals surface area contributed by atoms with Crippen LogP contribution >= 0.6 is 0 Å². The van der Waals surface area contributed by atoms with Crippen LogP contribution in [-0.4, -0.2) is 47.3 Å². The fourth-order valence-electron chi connectivity index (χ4n) is 6.09. The van der Waals surface area contributed by atoms with Gasteiger partial charge in [-0.05, 0) is 68.5 Å². The normalized spacial score (nSPS) is 22.6. The third-order valence-electron chi connectivity index (χ3n) is 7.24. The van der Waals surface area contributed by atoms with Crippen LogP contribution in [0.5, 0.6) is 5.75 Å². The fourth-order valence-corrected chi connectivity index (χ4v) is 6.09. The molecule has 4 atom stereocenters. The van der Waals surface area contributed by atoms with Gasteiger partial charge in [0.1, 0.15) is 17.6 Å². The number of fused-ring (bicyclic) bond motifs is 2. The second-order valence-corrected chi connectivity index (χ2v) is 9.89. The van der Waals surface area contributed by atoms with Crippen LogP contribution in [0.15, 0.2) is 48.5 Å². The van der Waals surface area contributed by atoms with E-state index >= 15 is 0 Å². The predicted octanol–water partition coefficient (Wildman–Crippen LogP) is 4.91. The highest BCUT2D eigenvalue weighted by Crippen LogP contribution is 2.54. The van der Waals surface area contributed by atoms with Crippen LogP contribution in [0.4, 0.5) is 18.9 Å². The van der Waals surface area contributed by atoms with Crippen molar-refractivity contribution in [3.63, 3.8) is 0 Å². The van der Waals surface area contributed by atoms with E-state index in [9.17, 15) is 32.7 Å². The maximum absolute atomic E-state index is 13.8. The molecule has 0 bridgehead atoms. The predicted molar refractivity (Wildman–Crippen MR) is 130 cm³/mol. The number of nitrogens with one attached hydrogen (secondary N) is 1. The van der Waals surface area contributed by atoms with Crippen molar-refractivity contribution in [3.05, 3.63) is 59.7 Å². The van der Waals surface area contributed by atoms with Gasteiger partial charge < -0.3 is 19.5 Å². The third kappa shape index (κ3) is 5.07. The number of hydrogen-bond donors (Lipinski definition) is 2. The van der Waals surface area contributed by atoms with Gasteiger partial charge in [-0.15, -0.1) is 13.2 Å². The molecule has 2 N–H and O–H groups in total. The Balaban J connectivity index is 1.80. The number of aldehydes is 1. The van der Waals surface area contributed by atoms with Crippen molar-refractivity contribution in [2.24, 2.45) is 5.92 Å². The highest BCUT2D eigenvalue weighted by molar-refractivity contribution is 6.07. The number of carboxylic acids is 1. The Labute approximate surface area is 212 Å². The molecule has 37 heavy (non-hydrogen) atoms. The number of carbonyl (C=O) groups is 3. The average molecular weight is 519 g/mol. The van der Waals surface area contributed by atoms with E-state index in [1.807, 2.05) is 13.8 Å². The molecule has 2 aromatic carbocycles. The molecule has 10 heteroatoms. The molecule has 0 saturated heterocycles. The van der Waals surface area contributed by atoms with Gasteiger partial charge >= 0.3 is 12.3 Å². The molecule has 0 aromatic heterocycles. The molecule has 4 rings (SSSR count). The molecule has 0 radical (unpaired) electrons. The molecule has 1 fully saturated rings. The Morgan fingerprint density at radius 3 is 2.41 bits per heavy atom. The van der Waals surface area contributed by atoms with E-state index in [0.717, 1.165) is 18.6 Å². The first-order valence-electron chi connectivity index (χ1n) is 12.2. The van der Waals surface area contributed by atoms with E-state index in [0.29, 0.717) is 30.4 Å². The Hall–Kier alpha value is -3.40. The third-order valence-corrected chi connectivity index (χ3v) is 7.24. The van der Waals surface area contributed by atoms with Gasteiger partial charge in [-0.25, -0.2) is 0 Å². The molecule has 1 saturated carbocycles. The topological polar surface area (TPSA) is 95.9 Å². The van der Waals surface area contributed by atoms with Crippen LogP contribution < -0.4 is 15.0 Å². The van der Waals surface area contributed by atoms with Crippen molar-refractivity contribution in [1.29, 1.82) is 0 Å². The molecule has 2 aliphatic rings. The van der Waals surface area contributed by atoms with Crippen molar-refractivity contribution < 1.29 is 37.4 Å². The molecule has 198 valence electrons. The zero-order valence-electron chi connectivity index (χ0n) is 20.5. The van der Waals surface area contributed by atoms with Crippen molar-refractivity contribution in [2.75, 3.05) is 4.90 Å². The zero-order valence-corrected chi connectivity index (χ0v) is 20.5. The Morgan fingerprint density at radius 2 is 1.81 bits per heavy atom. The molecule has 1 aliphatic heterocycles. The summed E-state index contributed by atoms with van der Waals surface area (Å²) in [5.74, 6) is -2.77. The number of hydrogen-bond acceptors (Lipinski definition) is 5. The Kier molecular flexibility index (Phi) is 7.32. The maximum Gasteiger partial charge on any atom is 0.573 e. The van der Waals surface area contributed by atoms with Gasteiger partial charge in [-0.2, -0.15) is 0 Å². The van der Waals surface area contributed by atoms with Crippen molar-refractivity contribution in [3.8, 4) is 5.75 Å². The fraction of sp³-hybridized carbons (Fsp3) is 0.444. The van der Waals surface area contributed by atoms with Gasteiger partial charge in [0.2, 0.25) is 0 Å². The number of ether oxygens (including phenoxy) is 1. The van der Waals surface area contributed by atoms with Gasteiger partial charge in [-0.1, -0.05) is 24.6 Å². The van der Waals surface area contributed by atoms with Gasteiger partial charge in [0.25, 0.3) is 5.91 Å². The summed E-state index contributed by atoms with van der Waals surface area (Å²) in [5.41, 5.74) is -0.191. The minimum Gasteiger partial charge on any atom is -0.480 e. The number of rotatable bonds is 8. The first-order chi connectivity index (χ1) is 17.5. The summed E-state index contributed by atoms with van der Waals surface area (Å²) in [5, 5.41) is 13.6.